The Hall–Kier alpha value is -1.99. The summed E-state index contributed by atoms with van der Waals surface area (Å²) in [5.74, 6) is 1.13. The lowest BCUT2D eigenvalue weighted by molar-refractivity contribution is 0.551. The molecule has 5 nitrogen and oxygen atoms in total. The average Bonchev–Trinajstić information content (AvgIpc) is 3.07. The number of nitrogens with two attached hydrogens (primary N) is 1. The molecule has 0 fully saturated rings. The van der Waals surface area contributed by atoms with E-state index in [1.165, 1.54) is 12.1 Å². The maximum absolute atomic E-state index is 12.9. The van der Waals surface area contributed by atoms with E-state index in [-0.39, 0.29) is 5.82 Å². The van der Waals surface area contributed by atoms with Crippen molar-refractivity contribution in [3.05, 3.63) is 58.3 Å². The molecule has 0 saturated carbocycles. The van der Waals surface area contributed by atoms with E-state index in [1.54, 1.807) is 24.3 Å². The first-order valence-corrected chi connectivity index (χ1v) is 6.62. The first kappa shape index (κ1) is 13.0. The van der Waals surface area contributed by atoms with Crippen LogP contribution in [-0.4, -0.2) is 15.2 Å². The predicted octanol–water partition coefficient (Wildman–Crippen LogP) is 3.01. The maximum Gasteiger partial charge on any atom is 0.217 e. The second-order valence-corrected chi connectivity index (χ2v) is 4.96. The summed E-state index contributed by atoms with van der Waals surface area (Å²) in [5, 5.41) is 6.83. The molecule has 0 aliphatic carbocycles. The molecule has 0 radical (unpaired) electrons. The Morgan fingerprint density at radius 3 is 2.60 bits per heavy atom. The molecule has 1 atom stereocenters. The molecule has 0 amide bonds. The van der Waals surface area contributed by atoms with Crippen LogP contribution in [0.4, 0.5) is 4.39 Å². The molecule has 102 valence electrons. The van der Waals surface area contributed by atoms with E-state index in [2.05, 4.69) is 31.1 Å². The molecule has 1 aromatic carbocycles. The number of nitrogens with zero attached hydrogens (tertiary/aromatic N) is 2. The third-order valence-electron chi connectivity index (χ3n) is 2.82. The van der Waals surface area contributed by atoms with Gasteiger partial charge in [0.1, 0.15) is 11.6 Å². The van der Waals surface area contributed by atoms with Crippen molar-refractivity contribution in [2.45, 2.75) is 6.04 Å². The van der Waals surface area contributed by atoms with Gasteiger partial charge in [0.25, 0.3) is 0 Å². The molecule has 0 saturated heterocycles. The number of nitrogens with one attached hydrogen (secondary N) is 1. The van der Waals surface area contributed by atoms with Crippen LogP contribution in [0.1, 0.15) is 17.4 Å². The molecule has 0 bridgehead atoms. The van der Waals surface area contributed by atoms with Crippen LogP contribution in [0.2, 0.25) is 0 Å². The standard InChI is InChI=1S/C13H10BrFN4O/c14-10-6-5-9(20-10)12-17-13(19-18-12)11(16)7-1-3-8(15)4-2-7/h1-6,11H,16H2,(H,17,18,19). The highest BCUT2D eigenvalue weighted by molar-refractivity contribution is 9.10. The van der Waals surface area contributed by atoms with Gasteiger partial charge in [0.05, 0.1) is 6.04 Å². The lowest BCUT2D eigenvalue weighted by Gasteiger charge is -2.07. The average molecular weight is 337 g/mol. The van der Waals surface area contributed by atoms with E-state index >= 15 is 0 Å². The molecule has 3 aromatic rings. The molecule has 3 N–H and O–H groups in total. The van der Waals surface area contributed by atoms with E-state index in [1.807, 2.05) is 0 Å². The fraction of sp³-hybridized carbons (Fsp3) is 0.0769. The summed E-state index contributed by atoms with van der Waals surface area (Å²) in [5.41, 5.74) is 6.81. The van der Waals surface area contributed by atoms with E-state index in [9.17, 15) is 4.39 Å². The Morgan fingerprint density at radius 1 is 1.20 bits per heavy atom. The molecule has 7 heteroatoms. The minimum atomic E-state index is -0.504. The number of hydrogen-bond acceptors (Lipinski definition) is 4. The van der Waals surface area contributed by atoms with Gasteiger partial charge < -0.3 is 10.2 Å². The Labute approximate surface area is 122 Å². The number of aromatic nitrogens is 3. The van der Waals surface area contributed by atoms with Gasteiger partial charge in [0.2, 0.25) is 5.82 Å². The Bertz CT molecular complexity index is 722. The second kappa shape index (κ2) is 5.18. The lowest BCUT2D eigenvalue weighted by atomic mass is 10.1. The second-order valence-electron chi connectivity index (χ2n) is 4.18. The van der Waals surface area contributed by atoms with Crippen LogP contribution in [0.25, 0.3) is 11.6 Å². The van der Waals surface area contributed by atoms with Crippen LogP contribution in [0.15, 0.2) is 45.5 Å². The zero-order chi connectivity index (χ0) is 14.1. The fourth-order valence-electron chi connectivity index (χ4n) is 1.79. The van der Waals surface area contributed by atoms with Gasteiger partial charge in [-0.25, -0.2) is 9.37 Å². The highest BCUT2D eigenvalue weighted by atomic mass is 79.9. The topological polar surface area (TPSA) is 80.7 Å². The van der Waals surface area contributed by atoms with Crippen LogP contribution in [-0.2, 0) is 0 Å². The van der Waals surface area contributed by atoms with Crippen LogP contribution < -0.4 is 5.73 Å². The first-order valence-electron chi connectivity index (χ1n) is 5.82. The number of halogens is 2. The number of furan rings is 1. The smallest absolute Gasteiger partial charge is 0.217 e. The molecule has 2 aromatic heterocycles. The fourth-order valence-corrected chi connectivity index (χ4v) is 2.09. The van der Waals surface area contributed by atoms with Crippen LogP contribution in [0.3, 0.4) is 0 Å². The van der Waals surface area contributed by atoms with Crippen molar-refractivity contribution in [2.24, 2.45) is 5.73 Å². The molecule has 2 heterocycles. The summed E-state index contributed by atoms with van der Waals surface area (Å²) in [6.45, 7) is 0. The van der Waals surface area contributed by atoms with Crippen molar-refractivity contribution >= 4 is 15.9 Å². The van der Waals surface area contributed by atoms with Crippen molar-refractivity contribution in [3.63, 3.8) is 0 Å². The van der Waals surface area contributed by atoms with Gasteiger partial charge >= 0.3 is 0 Å². The van der Waals surface area contributed by atoms with Crippen LogP contribution in [0, 0.1) is 5.82 Å². The molecule has 0 spiro atoms. The van der Waals surface area contributed by atoms with Crippen molar-refractivity contribution < 1.29 is 8.81 Å². The molecule has 20 heavy (non-hydrogen) atoms. The van der Waals surface area contributed by atoms with Crippen LogP contribution in [0.5, 0.6) is 0 Å². The van der Waals surface area contributed by atoms with Gasteiger partial charge in [-0.2, -0.15) is 0 Å². The summed E-state index contributed by atoms with van der Waals surface area (Å²) in [6, 6.07) is 8.95. The molecule has 3 rings (SSSR count). The molecule has 0 aliphatic rings. The van der Waals surface area contributed by atoms with Gasteiger partial charge in [0, 0.05) is 0 Å². The number of H-pyrrole nitrogens is 1. The minimum absolute atomic E-state index is 0.306. The maximum atomic E-state index is 12.9. The summed E-state index contributed by atoms with van der Waals surface area (Å²) >= 11 is 3.22. The quantitative estimate of drug-likeness (QED) is 0.770. The largest absolute Gasteiger partial charge is 0.446 e. The SMILES string of the molecule is NC(c1ccc(F)cc1)c1nc(-c2ccc(Br)o2)n[nH]1. The van der Waals surface area contributed by atoms with Crippen LogP contribution >= 0.6 is 15.9 Å². The van der Waals surface area contributed by atoms with Gasteiger partial charge in [-0.15, -0.1) is 5.10 Å². The Morgan fingerprint density at radius 2 is 1.95 bits per heavy atom. The van der Waals surface area contributed by atoms with Crippen molar-refractivity contribution in [3.8, 4) is 11.6 Å². The van der Waals surface area contributed by atoms with Crippen molar-refractivity contribution in [1.82, 2.24) is 15.2 Å². The van der Waals surface area contributed by atoms with Crippen molar-refractivity contribution in [2.75, 3.05) is 0 Å². The molecule has 0 aliphatic heterocycles. The van der Waals surface area contributed by atoms with E-state index < -0.39 is 6.04 Å². The normalized spacial score (nSPS) is 12.6. The number of benzene rings is 1. The monoisotopic (exact) mass is 336 g/mol. The van der Waals surface area contributed by atoms with Gasteiger partial charge in [-0.1, -0.05) is 12.1 Å². The van der Waals surface area contributed by atoms with Gasteiger partial charge in [-0.3, -0.25) is 5.10 Å². The lowest BCUT2D eigenvalue weighted by Crippen LogP contribution is -2.13. The third-order valence-corrected chi connectivity index (χ3v) is 3.25. The van der Waals surface area contributed by atoms with E-state index in [4.69, 9.17) is 10.2 Å². The molecular formula is C13H10BrFN4O. The zero-order valence-corrected chi connectivity index (χ0v) is 11.8. The number of hydrogen-bond donors (Lipinski definition) is 2. The summed E-state index contributed by atoms with van der Waals surface area (Å²) in [4.78, 5) is 4.29. The number of rotatable bonds is 3. The van der Waals surface area contributed by atoms with Gasteiger partial charge in [-0.05, 0) is 45.8 Å². The molecule has 1 unspecified atom stereocenters. The third kappa shape index (κ3) is 2.50. The van der Waals surface area contributed by atoms with Gasteiger partial charge in [0.15, 0.2) is 10.4 Å². The minimum Gasteiger partial charge on any atom is -0.446 e. The zero-order valence-electron chi connectivity index (χ0n) is 10.2. The van der Waals surface area contributed by atoms with Crippen molar-refractivity contribution in [1.29, 1.82) is 0 Å². The summed E-state index contributed by atoms with van der Waals surface area (Å²) in [7, 11) is 0. The molecular weight excluding hydrogens is 327 g/mol. The van der Waals surface area contributed by atoms with E-state index in [0.717, 1.165) is 5.56 Å². The highest BCUT2D eigenvalue weighted by Gasteiger charge is 2.16. The summed E-state index contributed by atoms with van der Waals surface area (Å²) in [6.07, 6.45) is 0. The summed E-state index contributed by atoms with van der Waals surface area (Å²) < 4.78 is 18.9. The Balaban J connectivity index is 1.88. The first-order chi connectivity index (χ1) is 9.63. The predicted molar refractivity (Wildman–Crippen MR) is 74.2 cm³/mol. The van der Waals surface area contributed by atoms with E-state index in [0.29, 0.717) is 22.1 Å². The Kier molecular flexibility index (Phi) is 3.37. The highest BCUT2D eigenvalue weighted by Crippen LogP contribution is 2.24. The number of aromatic amines is 1.